The number of anilines is 3. The molecule has 3 aromatic rings. The topological polar surface area (TPSA) is 100 Å². The Labute approximate surface area is 165 Å². The largest absolute Gasteiger partial charge is 0.359 e. The fourth-order valence-corrected chi connectivity index (χ4v) is 3.53. The van der Waals surface area contributed by atoms with E-state index in [0.29, 0.717) is 23.1 Å². The Morgan fingerprint density at radius 1 is 1.21 bits per heavy atom. The normalized spacial score (nSPS) is 13.7. The SMILES string of the molecule is CC(Nc1ccc(C(=O)Nc2nncs2)cn1)C(=O)N1CCc2ccccc21. The van der Waals surface area contributed by atoms with Gasteiger partial charge >= 0.3 is 0 Å². The molecule has 28 heavy (non-hydrogen) atoms. The zero-order chi connectivity index (χ0) is 19.5. The molecule has 0 aliphatic carbocycles. The minimum absolute atomic E-state index is 0.00941. The fraction of sp³-hybridized carbons (Fsp3) is 0.211. The number of benzene rings is 1. The van der Waals surface area contributed by atoms with Gasteiger partial charge in [-0.3, -0.25) is 14.9 Å². The summed E-state index contributed by atoms with van der Waals surface area (Å²) in [4.78, 5) is 31.0. The number of fused-ring (bicyclic) bond motifs is 1. The summed E-state index contributed by atoms with van der Waals surface area (Å²) in [6.45, 7) is 2.49. The molecule has 2 amide bonds. The van der Waals surface area contributed by atoms with Gasteiger partial charge in [0, 0.05) is 18.4 Å². The molecular formula is C19H18N6O2S. The van der Waals surface area contributed by atoms with E-state index >= 15 is 0 Å². The average Bonchev–Trinajstić information content (AvgIpc) is 3.37. The summed E-state index contributed by atoms with van der Waals surface area (Å²) in [6.07, 6.45) is 2.33. The molecule has 0 saturated carbocycles. The molecule has 0 saturated heterocycles. The summed E-state index contributed by atoms with van der Waals surface area (Å²) < 4.78 is 0. The summed E-state index contributed by atoms with van der Waals surface area (Å²) in [6, 6.07) is 10.8. The van der Waals surface area contributed by atoms with Crippen molar-refractivity contribution in [2.24, 2.45) is 0 Å². The molecule has 3 heterocycles. The van der Waals surface area contributed by atoms with E-state index in [0.717, 1.165) is 12.1 Å². The molecule has 0 bridgehead atoms. The van der Waals surface area contributed by atoms with Crippen LogP contribution in [0, 0.1) is 0 Å². The molecule has 8 nitrogen and oxygen atoms in total. The van der Waals surface area contributed by atoms with E-state index in [4.69, 9.17) is 0 Å². The maximum Gasteiger partial charge on any atom is 0.259 e. The number of hydrogen-bond acceptors (Lipinski definition) is 7. The van der Waals surface area contributed by atoms with Gasteiger partial charge in [-0.25, -0.2) is 4.98 Å². The minimum Gasteiger partial charge on any atom is -0.359 e. The lowest BCUT2D eigenvalue weighted by Gasteiger charge is -2.22. The van der Waals surface area contributed by atoms with Crippen LogP contribution < -0.4 is 15.5 Å². The Kier molecular flexibility index (Phi) is 4.98. The number of amides is 2. The Hall–Kier alpha value is -3.33. The van der Waals surface area contributed by atoms with Gasteiger partial charge in [0.2, 0.25) is 11.0 Å². The van der Waals surface area contributed by atoms with Crippen molar-refractivity contribution in [2.45, 2.75) is 19.4 Å². The number of rotatable bonds is 5. The molecule has 2 N–H and O–H groups in total. The number of carbonyl (C=O) groups is 2. The number of para-hydroxylation sites is 1. The van der Waals surface area contributed by atoms with Crippen LogP contribution in [0.3, 0.4) is 0 Å². The van der Waals surface area contributed by atoms with Crippen molar-refractivity contribution in [3.05, 3.63) is 59.2 Å². The maximum absolute atomic E-state index is 12.8. The van der Waals surface area contributed by atoms with E-state index < -0.39 is 6.04 Å². The summed E-state index contributed by atoms with van der Waals surface area (Å²) in [5.41, 5.74) is 4.09. The first-order valence-corrected chi connectivity index (χ1v) is 9.69. The van der Waals surface area contributed by atoms with Crippen molar-refractivity contribution in [2.75, 3.05) is 22.1 Å². The molecule has 142 valence electrons. The third kappa shape index (κ3) is 3.70. The van der Waals surface area contributed by atoms with Crippen molar-refractivity contribution >= 4 is 39.8 Å². The lowest BCUT2D eigenvalue weighted by Crippen LogP contribution is -2.40. The van der Waals surface area contributed by atoms with Crippen LogP contribution in [0.15, 0.2) is 48.1 Å². The van der Waals surface area contributed by atoms with Gasteiger partial charge in [-0.1, -0.05) is 29.5 Å². The Balaban J connectivity index is 1.39. The van der Waals surface area contributed by atoms with Crippen molar-refractivity contribution in [3.8, 4) is 0 Å². The van der Waals surface area contributed by atoms with Crippen LogP contribution >= 0.6 is 11.3 Å². The van der Waals surface area contributed by atoms with E-state index in [-0.39, 0.29) is 11.8 Å². The monoisotopic (exact) mass is 394 g/mol. The highest BCUT2D eigenvalue weighted by atomic mass is 32.1. The first kappa shape index (κ1) is 18.1. The molecule has 1 unspecified atom stereocenters. The van der Waals surface area contributed by atoms with Crippen LogP contribution in [0.1, 0.15) is 22.8 Å². The van der Waals surface area contributed by atoms with Crippen LogP contribution in [-0.4, -0.2) is 39.6 Å². The molecule has 0 fully saturated rings. The molecule has 0 radical (unpaired) electrons. The van der Waals surface area contributed by atoms with E-state index in [2.05, 4.69) is 25.8 Å². The van der Waals surface area contributed by atoms with Crippen molar-refractivity contribution < 1.29 is 9.59 Å². The zero-order valence-electron chi connectivity index (χ0n) is 15.1. The number of carbonyl (C=O) groups excluding carboxylic acids is 2. The van der Waals surface area contributed by atoms with Gasteiger partial charge in [0.15, 0.2) is 0 Å². The zero-order valence-corrected chi connectivity index (χ0v) is 15.9. The fourth-order valence-electron chi connectivity index (χ4n) is 3.09. The molecule has 4 rings (SSSR count). The van der Waals surface area contributed by atoms with Crippen molar-refractivity contribution in [1.82, 2.24) is 15.2 Å². The summed E-state index contributed by atoms with van der Waals surface area (Å²) in [5, 5.41) is 13.6. The van der Waals surface area contributed by atoms with Gasteiger partial charge in [-0.15, -0.1) is 10.2 Å². The number of nitrogens with zero attached hydrogens (tertiary/aromatic N) is 4. The van der Waals surface area contributed by atoms with E-state index in [9.17, 15) is 9.59 Å². The van der Waals surface area contributed by atoms with Crippen LogP contribution in [0.4, 0.5) is 16.6 Å². The van der Waals surface area contributed by atoms with Gasteiger partial charge in [0.1, 0.15) is 17.4 Å². The number of hydrogen-bond donors (Lipinski definition) is 2. The van der Waals surface area contributed by atoms with Crippen LogP contribution in [0.2, 0.25) is 0 Å². The van der Waals surface area contributed by atoms with Crippen LogP contribution in [0.5, 0.6) is 0 Å². The third-order valence-electron chi connectivity index (χ3n) is 4.49. The Morgan fingerprint density at radius 2 is 2.07 bits per heavy atom. The summed E-state index contributed by atoms with van der Waals surface area (Å²) >= 11 is 1.24. The second kappa shape index (κ2) is 7.73. The highest BCUT2D eigenvalue weighted by Crippen LogP contribution is 2.28. The molecule has 0 spiro atoms. The van der Waals surface area contributed by atoms with E-state index in [1.54, 1.807) is 24.0 Å². The second-order valence-corrected chi connectivity index (χ2v) is 7.20. The molecule has 9 heteroatoms. The number of aromatic nitrogens is 3. The number of nitrogens with one attached hydrogen (secondary N) is 2. The lowest BCUT2D eigenvalue weighted by molar-refractivity contribution is -0.118. The molecule has 1 aromatic carbocycles. The minimum atomic E-state index is -0.445. The second-order valence-electron chi connectivity index (χ2n) is 6.36. The summed E-state index contributed by atoms with van der Waals surface area (Å²) in [5.74, 6) is 0.208. The lowest BCUT2D eigenvalue weighted by atomic mass is 10.2. The number of pyridine rings is 1. The van der Waals surface area contributed by atoms with Crippen molar-refractivity contribution in [1.29, 1.82) is 0 Å². The van der Waals surface area contributed by atoms with Gasteiger partial charge in [0.05, 0.1) is 5.56 Å². The smallest absolute Gasteiger partial charge is 0.259 e. The predicted molar refractivity (Wildman–Crippen MR) is 108 cm³/mol. The van der Waals surface area contributed by atoms with Gasteiger partial charge in [-0.2, -0.15) is 0 Å². The van der Waals surface area contributed by atoms with Gasteiger partial charge in [0.25, 0.3) is 5.91 Å². The first-order valence-electron chi connectivity index (χ1n) is 8.81. The van der Waals surface area contributed by atoms with E-state index in [1.807, 2.05) is 24.3 Å². The standard InChI is InChI=1S/C19H18N6O2S/c1-12(18(27)25-9-8-13-4-2-3-5-15(13)25)22-16-7-6-14(10-20-16)17(26)23-19-24-21-11-28-19/h2-7,10-12H,8-9H2,1H3,(H,20,22)(H,23,24,26). The maximum atomic E-state index is 12.8. The first-order chi connectivity index (χ1) is 13.6. The Morgan fingerprint density at radius 3 is 2.82 bits per heavy atom. The van der Waals surface area contributed by atoms with E-state index in [1.165, 1.54) is 28.6 Å². The molecule has 1 atom stereocenters. The van der Waals surface area contributed by atoms with Crippen molar-refractivity contribution in [3.63, 3.8) is 0 Å². The molecule has 1 aliphatic rings. The van der Waals surface area contributed by atoms with Crippen LogP contribution in [-0.2, 0) is 11.2 Å². The molecule has 1 aliphatic heterocycles. The van der Waals surface area contributed by atoms with Crippen LogP contribution in [0.25, 0.3) is 0 Å². The third-order valence-corrected chi connectivity index (χ3v) is 5.10. The highest BCUT2D eigenvalue weighted by molar-refractivity contribution is 7.13. The highest BCUT2D eigenvalue weighted by Gasteiger charge is 2.27. The Bertz CT molecular complexity index is 990. The predicted octanol–water partition coefficient (Wildman–Crippen LogP) is 2.58. The molecular weight excluding hydrogens is 376 g/mol. The quantitative estimate of drug-likeness (QED) is 0.690. The molecule has 2 aromatic heterocycles. The average molecular weight is 394 g/mol. The van der Waals surface area contributed by atoms with Gasteiger partial charge in [-0.05, 0) is 37.1 Å². The van der Waals surface area contributed by atoms with Gasteiger partial charge < -0.3 is 10.2 Å². The summed E-state index contributed by atoms with van der Waals surface area (Å²) in [7, 11) is 0.